The summed E-state index contributed by atoms with van der Waals surface area (Å²) in [5.41, 5.74) is 9.99. The van der Waals surface area contributed by atoms with Crippen molar-refractivity contribution in [3.05, 3.63) is 35.2 Å². The number of rotatable bonds is 6. The number of benzene rings is 1. The van der Waals surface area contributed by atoms with E-state index in [2.05, 4.69) is 18.4 Å². The molecule has 108 valence electrons. The summed E-state index contributed by atoms with van der Waals surface area (Å²) in [6.45, 7) is 3.15. The highest BCUT2D eigenvalue weighted by Crippen LogP contribution is 2.34. The lowest BCUT2D eigenvalue weighted by atomic mass is 10.1. The van der Waals surface area contributed by atoms with E-state index < -0.39 is 0 Å². The zero-order chi connectivity index (χ0) is 14.5. The average Bonchev–Trinajstić information content (AvgIpc) is 2.86. The number of aliphatic hydroxyl groups excluding tert-OH is 2. The van der Waals surface area contributed by atoms with Crippen LogP contribution in [-0.4, -0.2) is 36.5 Å². The number of thiophene rings is 1. The Morgan fingerprint density at radius 2 is 1.85 bits per heavy atom. The molecule has 0 spiro atoms. The highest BCUT2D eigenvalue weighted by atomic mass is 32.1. The summed E-state index contributed by atoms with van der Waals surface area (Å²) in [5, 5.41) is 20.3. The Balaban J connectivity index is 2.36. The topological polar surface area (TPSA) is 69.7 Å². The van der Waals surface area contributed by atoms with Gasteiger partial charge in [-0.05, 0) is 42.1 Å². The molecule has 4 nitrogen and oxygen atoms in total. The normalized spacial score (nSPS) is 10.8. The molecule has 0 atom stereocenters. The van der Waals surface area contributed by atoms with Crippen molar-refractivity contribution in [3.8, 4) is 10.4 Å². The first-order chi connectivity index (χ1) is 9.65. The van der Waals surface area contributed by atoms with Gasteiger partial charge >= 0.3 is 0 Å². The van der Waals surface area contributed by atoms with Crippen molar-refractivity contribution >= 4 is 22.7 Å². The van der Waals surface area contributed by atoms with E-state index in [0.717, 1.165) is 21.8 Å². The van der Waals surface area contributed by atoms with Crippen molar-refractivity contribution in [1.29, 1.82) is 0 Å². The molecule has 2 rings (SSSR count). The molecular formula is C15H20N2O2S. The number of anilines is 2. The number of hydrogen-bond donors (Lipinski definition) is 3. The van der Waals surface area contributed by atoms with E-state index in [9.17, 15) is 0 Å². The molecule has 0 aliphatic carbocycles. The van der Waals surface area contributed by atoms with Gasteiger partial charge in [0.05, 0.1) is 13.2 Å². The van der Waals surface area contributed by atoms with Crippen molar-refractivity contribution in [2.24, 2.45) is 0 Å². The maximum Gasteiger partial charge on any atom is 0.0606 e. The van der Waals surface area contributed by atoms with E-state index in [-0.39, 0.29) is 13.2 Å². The summed E-state index contributed by atoms with van der Waals surface area (Å²) in [6, 6.07) is 7.93. The SMILES string of the molecule is Cc1csc(-c2cc(N(CCO)CCO)ccc2N)c1. The lowest BCUT2D eigenvalue weighted by Crippen LogP contribution is -2.29. The minimum Gasteiger partial charge on any atom is -0.398 e. The van der Waals surface area contributed by atoms with Crippen molar-refractivity contribution in [3.63, 3.8) is 0 Å². The lowest BCUT2D eigenvalue weighted by Gasteiger charge is -2.23. The highest BCUT2D eigenvalue weighted by Gasteiger charge is 2.10. The van der Waals surface area contributed by atoms with Crippen LogP contribution in [0.3, 0.4) is 0 Å². The van der Waals surface area contributed by atoms with E-state index >= 15 is 0 Å². The van der Waals surface area contributed by atoms with E-state index in [1.807, 2.05) is 23.1 Å². The van der Waals surface area contributed by atoms with Crippen molar-refractivity contribution in [2.45, 2.75) is 6.92 Å². The molecule has 4 N–H and O–H groups in total. The first kappa shape index (κ1) is 14.8. The van der Waals surface area contributed by atoms with Gasteiger partial charge in [-0.25, -0.2) is 0 Å². The second-order valence-electron chi connectivity index (χ2n) is 4.69. The van der Waals surface area contributed by atoms with Crippen LogP contribution in [0.4, 0.5) is 11.4 Å². The van der Waals surface area contributed by atoms with Crippen LogP contribution >= 0.6 is 11.3 Å². The van der Waals surface area contributed by atoms with Crippen LogP contribution in [-0.2, 0) is 0 Å². The van der Waals surface area contributed by atoms with Crippen LogP contribution in [0.1, 0.15) is 5.56 Å². The fourth-order valence-corrected chi connectivity index (χ4v) is 3.08. The molecule has 0 fully saturated rings. The third kappa shape index (κ3) is 3.30. The van der Waals surface area contributed by atoms with Crippen LogP contribution in [0.5, 0.6) is 0 Å². The molecule has 0 unspecified atom stereocenters. The molecule has 1 heterocycles. The molecular weight excluding hydrogens is 272 g/mol. The number of nitrogens with two attached hydrogens (primary N) is 1. The van der Waals surface area contributed by atoms with E-state index in [1.54, 1.807) is 11.3 Å². The molecule has 1 aromatic carbocycles. The monoisotopic (exact) mass is 292 g/mol. The van der Waals surface area contributed by atoms with Gasteiger partial charge in [-0.1, -0.05) is 0 Å². The number of nitrogen functional groups attached to an aromatic ring is 1. The first-order valence-corrected chi connectivity index (χ1v) is 7.45. The fourth-order valence-electron chi connectivity index (χ4n) is 2.14. The van der Waals surface area contributed by atoms with Gasteiger partial charge in [0, 0.05) is 34.9 Å². The molecule has 0 bridgehead atoms. The summed E-state index contributed by atoms with van der Waals surface area (Å²) < 4.78 is 0. The summed E-state index contributed by atoms with van der Waals surface area (Å²) in [4.78, 5) is 3.08. The molecule has 0 saturated heterocycles. The van der Waals surface area contributed by atoms with Gasteiger partial charge in [-0.15, -0.1) is 11.3 Å². The Bertz CT molecular complexity index is 563. The molecule has 0 amide bonds. The molecule has 0 aliphatic heterocycles. The van der Waals surface area contributed by atoms with Gasteiger partial charge in [0.1, 0.15) is 0 Å². The van der Waals surface area contributed by atoms with Crippen molar-refractivity contribution in [2.75, 3.05) is 36.9 Å². The molecule has 0 radical (unpaired) electrons. The van der Waals surface area contributed by atoms with Gasteiger partial charge in [0.25, 0.3) is 0 Å². The third-order valence-corrected chi connectivity index (χ3v) is 4.22. The van der Waals surface area contributed by atoms with Gasteiger partial charge in [-0.2, -0.15) is 0 Å². The number of nitrogens with zero attached hydrogens (tertiary/aromatic N) is 1. The molecule has 20 heavy (non-hydrogen) atoms. The predicted molar refractivity (Wildman–Crippen MR) is 85.3 cm³/mol. The maximum absolute atomic E-state index is 9.12. The summed E-state index contributed by atoms with van der Waals surface area (Å²) in [7, 11) is 0. The van der Waals surface area contributed by atoms with Crippen LogP contribution in [0.15, 0.2) is 29.6 Å². The van der Waals surface area contributed by atoms with E-state index in [4.69, 9.17) is 15.9 Å². The van der Waals surface area contributed by atoms with E-state index in [0.29, 0.717) is 13.1 Å². The minimum atomic E-state index is 0.0534. The van der Waals surface area contributed by atoms with Crippen LogP contribution < -0.4 is 10.6 Å². The lowest BCUT2D eigenvalue weighted by molar-refractivity contribution is 0.281. The quantitative estimate of drug-likeness (QED) is 0.713. The average molecular weight is 292 g/mol. The fraction of sp³-hybridized carbons (Fsp3) is 0.333. The number of aryl methyl sites for hydroxylation is 1. The Morgan fingerprint density at radius 1 is 1.15 bits per heavy atom. The molecule has 1 aromatic heterocycles. The van der Waals surface area contributed by atoms with Crippen molar-refractivity contribution < 1.29 is 10.2 Å². The Hall–Kier alpha value is -1.56. The zero-order valence-corrected chi connectivity index (χ0v) is 12.4. The first-order valence-electron chi connectivity index (χ1n) is 6.57. The second-order valence-corrected chi connectivity index (χ2v) is 5.61. The standard InChI is InChI=1S/C15H20N2O2S/c1-11-8-15(20-10-11)13-9-12(2-3-14(13)16)17(4-6-18)5-7-19/h2-3,8-10,18-19H,4-7,16H2,1H3. The summed E-state index contributed by atoms with van der Waals surface area (Å²) >= 11 is 1.67. The molecule has 2 aromatic rings. The third-order valence-electron chi connectivity index (χ3n) is 3.14. The van der Waals surface area contributed by atoms with Gasteiger partial charge in [-0.3, -0.25) is 0 Å². The Labute approximate surface area is 123 Å². The highest BCUT2D eigenvalue weighted by molar-refractivity contribution is 7.13. The van der Waals surface area contributed by atoms with Crippen LogP contribution in [0.2, 0.25) is 0 Å². The summed E-state index contributed by atoms with van der Waals surface area (Å²) in [5.74, 6) is 0. The molecule has 0 saturated carbocycles. The van der Waals surface area contributed by atoms with Gasteiger partial charge < -0.3 is 20.8 Å². The maximum atomic E-state index is 9.12. The zero-order valence-electron chi connectivity index (χ0n) is 11.5. The number of hydrogen-bond acceptors (Lipinski definition) is 5. The largest absolute Gasteiger partial charge is 0.398 e. The predicted octanol–water partition coefficient (Wildman–Crippen LogP) is 2.10. The van der Waals surface area contributed by atoms with E-state index in [1.165, 1.54) is 5.56 Å². The number of aliphatic hydroxyl groups is 2. The van der Waals surface area contributed by atoms with Crippen molar-refractivity contribution in [1.82, 2.24) is 0 Å². The second kappa shape index (κ2) is 6.74. The summed E-state index contributed by atoms with van der Waals surface area (Å²) in [6.07, 6.45) is 0. The molecule has 5 heteroatoms. The van der Waals surface area contributed by atoms with Gasteiger partial charge in [0.15, 0.2) is 0 Å². The van der Waals surface area contributed by atoms with Crippen LogP contribution in [0, 0.1) is 6.92 Å². The Morgan fingerprint density at radius 3 is 2.40 bits per heavy atom. The van der Waals surface area contributed by atoms with Gasteiger partial charge in [0.2, 0.25) is 0 Å². The smallest absolute Gasteiger partial charge is 0.0606 e. The van der Waals surface area contributed by atoms with Crippen LogP contribution in [0.25, 0.3) is 10.4 Å². The molecule has 0 aliphatic rings. The Kier molecular flexibility index (Phi) is 5.00. The minimum absolute atomic E-state index is 0.0534.